The first kappa shape index (κ1) is 16.3. The number of anilines is 1. The second kappa shape index (κ2) is 6.81. The molecule has 0 fully saturated rings. The number of thioether (sulfide) groups is 1. The first-order chi connectivity index (χ1) is 9.91. The van der Waals surface area contributed by atoms with Gasteiger partial charge in [-0.15, -0.1) is 11.8 Å². The van der Waals surface area contributed by atoms with E-state index in [4.69, 9.17) is 0 Å². The Morgan fingerprint density at radius 3 is 2.86 bits per heavy atom. The number of carbonyl (C=O) groups excluding carboxylic acids is 1. The Kier molecular flexibility index (Phi) is 5.29. The SMILES string of the molecule is CCCS(=O)(=O)NCCc1ccc2c(c1)NC(=O)C(C)S2. The van der Waals surface area contributed by atoms with Crippen molar-refractivity contribution in [2.75, 3.05) is 17.6 Å². The standard InChI is InChI=1S/C14H20N2O3S2/c1-3-8-21(18,19)15-7-6-11-4-5-13-12(9-11)16-14(17)10(2)20-13/h4-5,9-10,15H,3,6-8H2,1-2H3,(H,16,17). The molecular formula is C14H20N2O3S2. The fourth-order valence-corrected chi connectivity index (χ4v) is 4.13. The number of sulfonamides is 1. The Balaban J connectivity index is 1.97. The van der Waals surface area contributed by atoms with E-state index < -0.39 is 10.0 Å². The van der Waals surface area contributed by atoms with Gasteiger partial charge in [0.15, 0.2) is 0 Å². The summed E-state index contributed by atoms with van der Waals surface area (Å²) in [6, 6.07) is 5.87. The smallest absolute Gasteiger partial charge is 0.237 e. The summed E-state index contributed by atoms with van der Waals surface area (Å²) in [6.45, 7) is 4.09. The van der Waals surface area contributed by atoms with Crippen LogP contribution in [0.25, 0.3) is 0 Å². The molecule has 0 saturated carbocycles. The summed E-state index contributed by atoms with van der Waals surface area (Å²) >= 11 is 1.54. The highest BCUT2D eigenvalue weighted by molar-refractivity contribution is 8.01. The van der Waals surface area contributed by atoms with Crippen molar-refractivity contribution in [2.45, 2.75) is 36.8 Å². The molecular weight excluding hydrogens is 308 g/mol. The van der Waals surface area contributed by atoms with Gasteiger partial charge in [0.1, 0.15) is 0 Å². The predicted octanol–water partition coefficient (Wildman–Crippen LogP) is 1.99. The van der Waals surface area contributed by atoms with Crippen LogP contribution in [0, 0.1) is 0 Å². The quantitative estimate of drug-likeness (QED) is 0.837. The molecule has 1 atom stereocenters. The molecule has 0 aromatic heterocycles. The Bertz CT molecular complexity index is 629. The third-order valence-corrected chi connectivity index (χ3v) is 5.95. The first-order valence-corrected chi connectivity index (χ1v) is 9.52. The summed E-state index contributed by atoms with van der Waals surface area (Å²) in [6.07, 6.45) is 1.21. The number of hydrogen-bond acceptors (Lipinski definition) is 4. The maximum absolute atomic E-state index is 11.7. The van der Waals surface area contributed by atoms with Crippen LogP contribution in [0.3, 0.4) is 0 Å². The van der Waals surface area contributed by atoms with Crippen molar-refractivity contribution in [3.05, 3.63) is 23.8 Å². The molecule has 1 aliphatic rings. The van der Waals surface area contributed by atoms with Crippen LogP contribution in [0.1, 0.15) is 25.8 Å². The van der Waals surface area contributed by atoms with Crippen LogP contribution in [-0.4, -0.2) is 31.9 Å². The van der Waals surface area contributed by atoms with Crippen molar-refractivity contribution < 1.29 is 13.2 Å². The van der Waals surface area contributed by atoms with Crippen LogP contribution in [0.4, 0.5) is 5.69 Å². The van der Waals surface area contributed by atoms with Crippen molar-refractivity contribution in [3.63, 3.8) is 0 Å². The Hall–Kier alpha value is -1.05. The number of fused-ring (bicyclic) bond motifs is 1. The van der Waals surface area contributed by atoms with E-state index >= 15 is 0 Å². The van der Waals surface area contributed by atoms with Crippen LogP contribution in [0.15, 0.2) is 23.1 Å². The highest BCUT2D eigenvalue weighted by Gasteiger charge is 2.22. The lowest BCUT2D eigenvalue weighted by Crippen LogP contribution is -2.28. The molecule has 1 heterocycles. The molecule has 2 N–H and O–H groups in total. The van der Waals surface area contributed by atoms with Crippen molar-refractivity contribution in [2.24, 2.45) is 0 Å². The maximum atomic E-state index is 11.7. The average Bonchev–Trinajstić information content (AvgIpc) is 2.40. The summed E-state index contributed by atoms with van der Waals surface area (Å²) in [5.41, 5.74) is 1.82. The molecule has 5 nitrogen and oxygen atoms in total. The fourth-order valence-electron chi connectivity index (χ4n) is 2.10. The molecule has 1 aliphatic heterocycles. The molecule has 7 heteroatoms. The van der Waals surface area contributed by atoms with Crippen LogP contribution in [0.2, 0.25) is 0 Å². The first-order valence-electron chi connectivity index (χ1n) is 6.99. The zero-order valence-electron chi connectivity index (χ0n) is 12.2. The van der Waals surface area contributed by atoms with E-state index in [2.05, 4.69) is 10.0 Å². The minimum atomic E-state index is -3.16. The van der Waals surface area contributed by atoms with Crippen LogP contribution in [0.5, 0.6) is 0 Å². The van der Waals surface area contributed by atoms with Gasteiger partial charge in [-0.25, -0.2) is 13.1 Å². The number of nitrogens with one attached hydrogen (secondary N) is 2. The molecule has 1 unspecified atom stereocenters. The highest BCUT2D eigenvalue weighted by atomic mass is 32.2. The van der Waals surface area contributed by atoms with Gasteiger partial charge in [0.05, 0.1) is 16.7 Å². The van der Waals surface area contributed by atoms with Gasteiger partial charge in [-0.1, -0.05) is 13.0 Å². The zero-order chi connectivity index (χ0) is 15.5. The van der Waals surface area contributed by atoms with E-state index in [0.717, 1.165) is 16.1 Å². The van der Waals surface area contributed by atoms with Crippen molar-refractivity contribution in [1.29, 1.82) is 0 Å². The van der Waals surface area contributed by atoms with E-state index in [1.807, 2.05) is 32.0 Å². The van der Waals surface area contributed by atoms with Gasteiger partial charge in [-0.3, -0.25) is 4.79 Å². The average molecular weight is 328 g/mol. The summed E-state index contributed by atoms with van der Waals surface area (Å²) < 4.78 is 25.7. The zero-order valence-corrected chi connectivity index (χ0v) is 13.8. The molecule has 21 heavy (non-hydrogen) atoms. The van der Waals surface area contributed by atoms with E-state index in [1.165, 1.54) is 11.8 Å². The molecule has 2 rings (SSSR count). The molecule has 0 saturated heterocycles. The topological polar surface area (TPSA) is 75.3 Å². The molecule has 116 valence electrons. The van der Waals surface area contributed by atoms with Gasteiger partial charge in [-0.2, -0.15) is 0 Å². The van der Waals surface area contributed by atoms with Gasteiger partial charge in [0, 0.05) is 11.4 Å². The van der Waals surface area contributed by atoms with Gasteiger partial charge >= 0.3 is 0 Å². The monoisotopic (exact) mass is 328 g/mol. The second-order valence-corrected chi connectivity index (χ2v) is 8.35. The number of rotatable bonds is 6. The normalized spacial score (nSPS) is 18.2. The maximum Gasteiger partial charge on any atom is 0.237 e. The minimum Gasteiger partial charge on any atom is -0.324 e. The molecule has 1 amide bonds. The van der Waals surface area contributed by atoms with Gasteiger partial charge in [-0.05, 0) is 37.5 Å². The molecule has 0 spiro atoms. The fraction of sp³-hybridized carbons (Fsp3) is 0.500. The van der Waals surface area contributed by atoms with Crippen LogP contribution in [-0.2, 0) is 21.2 Å². The van der Waals surface area contributed by atoms with Gasteiger partial charge in [0.2, 0.25) is 15.9 Å². The highest BCUT2D eigenvalue weighted by Crippen LogP contribution is 2.35. The van der Waals surface area contributed by atoms with Crippen molar-refractivity contribution in [1.82, 2.24) is 4.72 Å². The van der Waals surface area contributed by atoms with Crippen LogP contribution < -0.4 is 10.0 Å². The van der Waals surface area contributed by atoms with Gasteiger partial charge < -0.3 is 5.32 Å². The summed E-state index contributed by atoms with van der Waals surface area (Å²) in [4.78, 5) is 12.7. The summed E-state index contributed by atoms with van der Waals surface area (Å²) in [5.74, 6) is 0.162. The number of hydrogen-bond donors (Lipinski definition) is 2. The summed E-state index contributed by atoms with van der Waals surface area (Å²) in [7, 11) is -3.16. The Morgan fingerprint density at radius 2 is 2.14 bits per heavy atom. The molecule has 0 radical (unpaired) electrons. The van der Waals surface area contributed by atoms with E-state index in [9.17, 15) is 13.2 Å². The molecule has 1 aromatic rings. The third-order valence-electron chi connectivity index (χ3n) is 3.18. The predicted molar refractivity (Wildman–Crippen MR) is 86.2 cm³/mol. The number of amides is 1. The van der Waals surface area contributed by atoms with Crippen molar-refractivity contribution in [3.8, 4) is 0 Å². The lowest BCUT2D eigenvalue weighted by molar-refractivity contribution is -0.115. The Morgan fingerprint density at radius 1 is 1.38 bits per heavy atom. The van der Waals surface area contributed by atoms with E-state index in [1.54, 1.807) is 0 Å². The number of carbonyl (C=O) groups is 1. The third kappa shape index (κ3) is 4.46. The summed E-state index contributed by atoms with van der Waals surface area (Å²) in [5, 5.41) is 2.80. The number of benzene rings is 1. The lowest BCUT2D eigenvalue weighted by atomic mass is 10.1. The van der Waals surface area contributed by atoms with E-state index in [0.29, 0.717) is 19.4 Å². The molecule has 0 aliphatic carbocycles. The van der Waals surface area contributed by atoms with Crippen molar-refractivity contribution >= 4 is 33.4 Å². The molecule has 1 aromatic carbocycles. The Labute approximate surface area is 129 Å². The van der Waals surface area contributed by atoms with E-state index in [-0.39, 0.29) is 16.9 Å². The largest absolute Gasteiger partial charge is 0.324 e. The van der Waals surface area contributed by atoms with Crippen LogP contribution >= 0.6 is 11.8 Å². The second-order valence-electron chi connectivity index (χ2n) is 5.04. The van der Waals surface area contributed by atoms with Gasteiger partial charge in [0.25, 0.3) is 0 Å². The lowest BCUT2D eigenvalue weighted by Gasteiger charge is -2.21. The minimum absolute atomic E-state index is 0.00768. The molecule has 0 bridgehead atoms.